The van der Waals surface area contributed by atoms with Crippen LogP contribution in [0.3, 0.4) is 0 Å². The molecule has 1 fully saturated rings. The number of rotatable bonds is 5. The maximum Gasteiger partial charge on any atom is 0.239 e. The molecule has 3 aromatic rings. The fraction of sp³-hybridized carbons (Fsp3) is 0.222. The van der Waals surface area contributed by atoms with E-state index in [4.69, 9.17) is 16.0 Å². The molecule has 1 amide bonds. The molecule has 4 rings (SSSR count). The number of oxazole rings is 1. The molecule has 1 heterocycles. The van der Waals surface area contributed by atoms with Crippen LogP contribution >= 0.6 is 11.6 Å². The van der Waals surface area contributed by atoms with Crippen LogP contribution < -0.4 is 5.32 Å². The number of nitrogens with zero attached hydrogens (tertiary/aromatic N) is 1. The third-order valence-corrected chi connectivity index (χ3v) is 5.99. The highest BCUT2D eigenvalue weighted by atomic mass is 35.5. The summed E-state index contributed by atoms with van der Waals surface area (Å²) in [5, 5.41) is 3.03. The largest absolute Gasteiger partial charge is 0.440 e. The first-order valence-corrected chi connectivity index (χ1v) is 10.1. The lowest BCUT2D eigenvalue weighted by Crippen LogP contribution is -2.23. The van der Waals surface area contributed by atoms with Crippen molar-refractivity contribution in [3.63, 3.8) is 0 Å². The standard InChI is InChI=1S/C18H15ClN2O4S/c19-12-3-6-14(7-4-12)26(23,24)10-17(22)20-13-5-8-16-15(9-13)21-18(25-16)11-1-2-11/h3-9,11H,1-2,10H2,(H,20,22). The molecule has 134 valence electrons. The Morgan fingerprint density at radius 3 is 2.62 bits per heavy atom. The summed E-state index contributed by atoms with van der Waals surface area (Å²) in [6.45, 7) is 0. The molecule has 0 atom stereocenters. The zero-order valence-corrected chi connectivity index (χ0v) is 15.2. The molecule has 0 radical (unpaired) electrons. The molecular formula is C18H15ClN2O4S. The van der Waals surface area contributed by atoms with Gasteiger partial charge < -0.3 is 9.73 Å². The average molecular weight is 391 g/mol. The van der Waals surface area contributed by atoms with Crippen molar-refractivity contribution in [3.8, 4) is 0 Å². The van der Waals surface area contributed by atoms with Gasteiger partial charge in [0.25, 0.3) is 0 Å². The SMILES string of the molecule is O=C(CS(=O)(=O)c1ccc(Cl)cc1)Nc1ccc2oc(C3CC3)nc2c1. The highest BCUT2D eigenvalue weighted by Gasteiger charge is 2.29. The lowest BCUT2D eigenvalue weighted by Gasteiger charge is -2.06. The molecule has 1 aliphatic rings. The second-order valence-corrected chi connectivity index (χ2v) is 8.70. The van der Waals surface area contributed by atoms with E-state index in [1.807, 2.05) is 0 Å². The van der Waals surface area contributed by atoms with Crippen LogP contribution in [-0.4, -0.2) is 25.1 Å². The fourth-order valence-corrected chi connectivity index (χ4v) is 3.88. The van der Waals surface area contributed by atoms with Crippen molar-refractivity contribution in [1.29, 1.82) is 0 Å². The Hall–Kier alpha value is -2.38. The van der Waals surface area contributed by atoms with Crippen LogP contribution in [0, 0.1) is 0 Å². The number of aromatic nitrogens is 1. The van der Waals surface area contributed by atoms with Gasteiger partial charge >= 0.3 is 0 Å². The fourth-order valence-electron chi connectivity index (χ4n) is 2.62. The van der Waals surface area contributed by atoms with Gasteiger partial charge in [0.2, 0.25) is 5.91 Å². The molecule has 0 aliphatic heterocycles. The van der Waals surface area contributed by atoms with Crippen molar-refractivity contribution < 1.29 is 17.6 Å². The van der Waals surface area contributed by atoms with Crippen molar-refractivity contribution in [2.75, 3.05) is 11.1 Å². The van der Waals surface area contributed by atoms with E-state index in [1.54, 1.807) is 18.2 Å². The van der Waals surface area contributed by atoms with E-state index >= 15 is 0 Å². The first-order valence-electron chi connectivity index (χ1n) is 8.09. The van der Waals surface area contributed by atoms with E-state index in [2.05, 4.69) is 10.3 Å². The topological polar surface area (TPSA) is 89.3 Å². The van der Waals surface area contributed by atoms with Crippen LogP contribution in [0.4, 0.5) is 5.69 Å². The second kappa shape index (κ2) is 6.41. The molecule has 2 aromatic carbocycles. The second-order valence-electron chi connectivity index (χ2n) is 6.27. The van der Waals surface area contributed by atoms with Gasteiger partial charge in [-0.2, -0.15) is 0 Å². The normalized spacial score (nSPS) is 14.5. The number of fused-ring (bicyclic) bond motifs is 1. The van der Waals surface area contributed by atoms with Crippen LogP contribution in [0.2, 0.25) is 5.02 Å². The number of amides is 1. The highest BCUT2D eigenvalue weighted by Crippen LogP contribution is 2.40. The quantitative estimate of drug-likeness (QED) is 0.716. The van der Waals surface area contributed by atoms with E-state index in [0.29, 0.717) is 33.6 Å². The molecule has 1 aromatic heterocycles. The van der Waals surface area contributed by atoms with Crippen molar-refractivity contribution in [2.45, 2.75) is 23.7 Å². The van der Waals surface area contributed by atoms with Gasteiger partial charge in [-0.1, -0.05) is 11.6 Å². The Bertz CT molecular complexity index is 1090. The molecule has 8 heteroatoms. The maximum absolute atomic E-state index is 12.3. The van der Waals surface area contributed by atoms with Crippen LogP contribution in [0.15, 0.2) is 51.8 Å². The Balaban J connectivity index is 1.48. The van der Waals surface area contributed by atoms with Crippen molar-refractivity contribution in [3.05, 3.63) is 53.4 Å². The summed E-state index contributed by atoms with van der Waals surface area (Å²) in [6, 6.07) is 10.8. The number of nitrogens with one attached hydrogen (secondary N) is 1. The highest BCUT2D eigenvalue weighted by molar-refractivity contribution is 7.92. The molecule has 1 N–H and O–H groups in total. The number of hydrogen-bond acceptors (Lipinski definition) is 5. The van der Waals surface area contributed by atoms with Gasteiger partial charge in [0.1, 0.15) is 11.3 Å². The average Bonchev–Trinajstić information content (AvgIpc) is 3.34. The molecule has 1 aliphatic carbocycles. The molecule has 6 nitrogen and oxygen atoms in total. The number of anilines is 1. The van der Waals surface area contributed by atoms with E-state index in [9.17, 15) is 13.2 Å². The zero-order chi connectivity index (χ0) is 18.3. The number of carbonyl (C=O) groups is 1. The zero-order valence-electron chi connectivity index (χ0n) is 13.6. The molecule has 1 saturated carbocycles. The summed E-state index contributed by atoms with van der Waals surface area (Å²) in [7, 11) is -3.74. The van der Waals surface area contributed by atoms with Gasteiger partial charge in [-0.25, -0.2) is 13.4 Å². The minimum absolute atomic E-state index is 0.0538. The Morgan fingerprint density at radius 2 is 1.92 bits per heavy atom. The van der Waals surface area contributed by atoms with Crippen molar-refractivity contribution >= 4 is 44.1 Å². The summed E-state index contributed by atoms with van der Waals surface area (Å²) >= 11 is 5.76. The summed E-state index contributed by atoms with van der Waals surface area (Å²) in [4.78, 5) is 16.6. The number of sulfone groups is 1. The van der Waals surface area contributed by atoms with Gasteiger partial charge in [-0.3, -0.25) is 4.79 Å². The molecule has 0 unspecified atom stereocenters. The summed E-state index contributed by atoms with van der Waals surface area (Å²) in [5.41, 5.74) is 1.77. The van der Waals surface area contributed by atoms with Gasteiger partial charge in [-0.15, -0.1) is 0 Å². The van der Waals surface area contributed by atoms with E-state index in [0.717, 1.165) is 12.8 Å². The summed E-state index contributed by atoms with van der Waals surface area (Å²) < 4.78 is 30.3. The third-order valence-electron chi connectivity index (χ3n) is 4.11. The first-order chi connectivity index (χ1) is 12.4. The third kappa shape index (κ3) is 3.59. The van der Waals surface area contributed by atoms with Gasteiger partial charge in [0, 0.05) is 16.6 Å². The lowest BCUT2D eigenvalue weighted by molar-refractivity contribution is -0.113. The number of halogens is 1. The predicted octanol–water partition coefficient (Wildman–Crippen LogP) is 3.77. The van der Waals surface area contributed by atoms with Crippen LogP contribution in [0.5, 0.6) is 0 Å². The maximum atomic E-state index is 12.3. The number of benzene rings is 2. The minimum atomic E-state index is -3.74. The van der Waals surface area contributed by atoms with Gasteiger partial charge in [-0.05, 0) is 55.3 Å². The Kier molecular flexibility index (Phi) is 4.20. The minimum Gasteiger partial charge on any atom is -0.440 e. The van der Waals surface area contributed by atoms with E-state index in [1.165, 1.54) is 24.3 Å². The van der Waals surface area contributed by atoms with Gasteiger partial charge in [0.05, 0.1) is 4.90 Å². The smallest absolute Gasteiger partial charge is 0.239 e. The molecular weight excluding hydrogens is 376 g/mol. The van der Waals surface area contributed by atoms with Gasteiger partial charge in [0.15, 0.2) is 21.3 Å². The molecule has 0 bridgehead atoms. The molecule has 0 saturated heterocycles. The predicted molar refractivity (Wildman–Crippen MR) is 98.1 cm³/mol. The van der Waals surface area contributed by atoms with Crippen LogP contribution in [0.25, 0.3) is 11.1 Å². The van der Waals surface area contributed by atoms with Crippen LogP contribution in [0.1, 0.15) is 24.7 Å². The van der Waals surface area contributed by atoms with Crippen LogP contribution in [-0.2, 0) is 14.6 Å². The Labute approximate surface area is 155 Å². The summed E-state index contributed by atoms with van der Waals surface area (Å²) in [6.07, 6.45) is 2.16. The van der Waals surface area contributed by atoms with E-state index in [-0.39, 0.29) is 4.90 Å². The number of hydrogen-bond donors (Lipinski definition) is 1. The monoisotopic (exact) mass is 390 g/mol. The molecule has 0 spiro atoms. The van der Waals surface area contributed by atoms with E-state index < -0.39 is 21.5 Å². The first kappa shape index (κ1) is 17.1. The molecule has 26 heavy (non-hydrogen) atoms. The number of carbonyl (C=O) groups excluding carboxylic acids is 1. The Morgan fingerprint density at radius 1 is 1.19 bits per heavy atom. The van der Waals surface area contributed by atoms with Crippen molar-refractivity contribution in [1.82, 2.24) is 4.98 Å². The summed E-state index contributed by atoms with van der Waals surface area (Å²) in [5.74, 6) is -0.164. The van der Waals surface area contributed by atoms with Crippen molar-refractivity contribution in [2.24, 2.45) is 0 Å². The lowest BCUT2D eigenvalue weighted by atomic mass is 10.3.